The van der Waals surface area contributed by atoms with Crippen LogP contribution in [-0.2, 0) is 6.42 Å². The van der Waals surface area contributed by atoms with E-state index < -0.39 is 0 Å². The first-order valence-corrected chi connectivity index (χ1v) is 5.19. The molecule has 0 unspecified atom stereocenters. The average molecular weight is 205 g/mol. The summed E-state index contributed by atoms with van der Waals surface area (Å²) in [5.74, 6) is 0. The summed E-state index contributed by atoms with van der Waals surface area (Å²) in [6.07, 6.45) is 2.56. The first-order chi connectivity index (χ1) is 6.75. The van der Waals surface area contributed by atoms with E-state index in [-0.39, 0.29) is 0 Å². The van der Waals surface area contributed by atoms with E-state index in [9.17, 15) is 0 Å². The van der Waals surface area contributed by atoms with Crippen LogP contribution in [-0.4, -0.2) is 9.97 Å². The van der Waals surface area contributed by atoms with Crippen LogP contribution in [0.3, 0.4) is 0 Å². The number of aryl methyl sites for hydroxylation is 1. The van der Waals surface area contributed by atoms with Crippen molar-refractivity contribution in [2.75, 3.05) is 5.73 Å². The fourth-order valence-corrected chi connectivity index (χ4v) is 1.99. The fraction of sp³-hybridized carbons (Fsp3) is 0.200. The monoisotopic (exact) mass is 205 g/mol. The maximum Gasteiger partial charge on any atom is 0.180 e. The summed E-state index contributed by atoms with van der Waals surface area (Å²) in [6.45, 7) is 2.03. The first kappa shape index (κ1) is 9.15. The Labute approximate surface area is 86.6 Å². The molecule has 0 amide bonds. The summed E-state index contributed by atoms with van der Waals surface area (Å²) in [5.41, 5.74) is 7.68. The lowest BCUT2D eigenvalue weighted by Crippen LogP contribution is -1.93. The Hall–Kier alpha value is -1.42. The Morgan fingerprint density at radius 3 is 2.86 bits per heavy atom. The van der Waals surface area contributed by atoms with Crippen LogP contribution in [0, 0.1) is 6.92 Å². The first-order valence-electron chi connectivity index (χ1n) is 4.37. The molecule has 0 atom stereocenters. The molecule has 0 spiro atoms. The summed E-state index contributed by atoms with van der Waals surface area (Å²) in [5, 5.41) is 0.633. The number of hydrogen-bond acceptors (Lipinski definition) is 4. The zero-order valence-corrected chi connectivity index (χ0v) is 8.71. The highest BCUT2D eigenvalue weighted by molar-refractivity contribution is 7.15. The molecule has 0 aliphatic heterocycles. The van der Waals surface area contributed by atoms with Gasteiger partial charge in [-0.15, -0.1) is 11.3 Å². The van der Waals surface area contributed by atoms with Crippen LogP contribution in [0.5, 0.6) is 0 Å². The second kappa shape index (κ2) is 3.75. The number of nitrogens with zero attached hydrogens (tertiary/aromatic N) is 2. The van der Waals surface area contributed by atoms with E-state index in [4.69, 9.17) is 5.73 Å². The van der Waals surface area contributed by atoms with Crippen molar-refractivity contribution in [2.45, 2.75) is 13.3 Å². The van der Waals surface area contributed by atoms with E-state index >= 15 is 0 Å². The number of rotatable bonds is 2. The third kappa shape index (κ3) is 1.90. The normalized spacial score (nSPS) is 10.4. The van der Waals surface area contributed by atoms with Gasteiger partial charge in [-0.05, 0) is 19.1 Å². The zero-order chi connectivity index (χ0) is 9.97. The Bertz CT molecular complexity index is 422. The lowest BCUT2D eigenvalue weighted by Gasteiger charge is -1.97. The van der Waals surface area contributed by atoms with Crippen LogP contribution < -0.4 is 5.73 Å². The van der Waals surface area contributed by atoms with Gasteiger partial charge in [0.2, 0.25) is 0 Å². The molecular weight excluding hydrogens is 194 g/mol. The molecule has 14 heavy (non-hydrogen) atoms. The average Bonchev–Trinajstić information content (AvgIpc) is 2.47. The molecule has 2 aromatic rings. The van der Waals surface area contributed by atoms with Gasteiger partial charge in [0, 0.05) is 23.2 Å². The Kier molecular flexibility index (Phi) is 2.45. The number of pyridine rings is 1. The lowest BCUT2D eigenvalue weighted by atomic mass is 10.2. The standard InChI is InChI=1S/C10H11N3S/c1-7-9(13-10(11)14-7)6-8-4-2-3-5-12-8/h2-5H,6H2,1H3,(H2,11,13). The van der Waals surface area contributed by atoms with Gasteiger partial charge in [-0.1, -0.05) is 6.07 Å². The van der Waals surface area contributed by atoms with Crippen molar-refractivity contribution in [1.82, 2.24) is 9.97 Å². The van der Waals surface area contributed by atoms with Crippen LogP contribution in [0.1, 0.15) is 16.3 Å². The van der Waals surface area contributed by atoms with Gasteiger partial charge in [-0.2, -0.15) is 0 Å². The molecule has 4 heteroatoms. The summed E-state index contributed by atoms with van der Waals surface area (Å²) in [6, 6.07) is 5.88. The summed E-state index contributed by atoms with van der Waals surface area (Å²) in [7, 11) is 0. The van der Waals surface area contributed by atoms with Crippen molar-refractivity contribution in [3.63, 3.8) is 0 Å². The van der Waals surface area contributed by atoms with E-state index in [0.717, 1.165) is 17.8 Å². The van der Waals surface area contributed by atoms with Gasteiger partial charge in [0.25, 0.3) is 0 Å². The van der Waals surface area contributed by atoms with Gasteiger partial charge < -0.3 is 5.73 Å². The maximum atomic E-state index is 5.62. The van der Waals surface area contributed by atoms with E-state index in [1.54, 1.807) is 6.20 Å². The van der Waals surface area contributed by atoms with Crippen LogP contribution in [0.25, 0.3) is 0 Å². The van der Waals surface area contributed by atoms with Gasteiger partial charge in [0.15, 0.2) is 5.13 Å². The topological polar surface area (TPSA) is 51.8 Å². The number of nitrogens with two attached hydrogens (primary N) is 1. The quantitative estimate of drug-likeness (QED) is 0.816. The third-order valence-electron chi connectivity index (χ3n) is 1.98. The number of aromatic nitrogens is 2. The summed E-state index contributed by atoms with van der Waals surface area (Å²) in [4.78, 5) is 9.68. The predicted molar refractivity (Wildman–Crippen MR) is 58.3 cm³/mol. The van der Waals surface area contributed by atoms with Crippen molar-refractivity contribution >= 4 is 16.5 Å². The van der Waals surface area contributed by atoms with Gasteiger partial charge in [0.05, 0.1) is 5.69 Å². The molecule has 0 bridgehead atoms. The molecule has 0 saturated heterocycles. The number of anilines is 1. The van der Waals surface area contributed by atoms with Crippen molar-refractivity contribution in [3.05, 3.63) is 40.7 Å². The predicted octanol–water partition coefficient (Wildman–Crippen LogP) is 2.02. The fourth-order valence-electron chi connectivity index (χ4n) is 1.29. The molecule has 2 N–H and O–H groups in total. The molecule has 2 aromatic heterocycles. The van der Waals surface area contributed by atoms with Gasteiger partial charge in [-0.3, -0.25) is 4.98 Å². The minimum absolute atomic E-state index is 0.633. The minimum Gasteiger partial charge on any atom is -0.375 e. The van der Waals surface area contributed by atoms with Crippen molar-refractivity contribution in [2.24, 2.45) is 0 Å². The maximum absolute atomic E-state index is 5.62. The van der Waals surface area contributed by atoms with Gasteiger partial charge in [0.1, 0.15) is 0 Å². The van der Waals surface area contributed by atoms with Crippen LogP contribution in [0.4, 0.5) is 5.13 Å². The molecule has 0 radical (unpaired) electrons. The van der Waals surface area contributed by atoms with E-state index in [1.807, 2.05) is 25.1 Å². The Morgan fingerprint density at radius 1 is 1.43 bits per heavy atom. The highest BCUT2D eigenvalue weighted by Gasteiger charge is 2.06. The van der Waals surface area contributed by atoms with Crippen LogP contribution in [0.2, 0.25) is 0 Å². The van der Waals surface area contributed by atoms with Crippen molar-refractivity contribution in [1.29, 1.82) is 0 Å². The van der Waals surface area contributed by atoms with E-state index in [2.05, 4.69) is 9.97 Å². The molecule has 0 aromatic carbocycles. The third-order valence-corrected chi connectivity index (χ3v) is 2.83. The SMILES string of the molecule is Cc1sc(N)nc1Cc1ccccn1. The molecule has 72 valence electrons. The molecule has 0 aliphatic carbocycles. The van der Waals surface area contributed by atoms with E-state index in [1.165, 1.54) is 16.2 Å². The van der Waals surface area contributed by atoms with Gasteiger partial charge in [-0.25, -0.2) is 4.98 Å². The zero-order valence-electron chi connectivity index (χ0n) is 7.90. The molecule has 0 saturated carbocycles. The number of nitrogen functional groups attached to an aromatic ring is 1. The van der Waals surface area contributed by atoms with Crippen molar-refractivity contribution < 1.29 is 0 Å². The number of hydrogen-bond donors (Lipinski definition) is 1. The molecule has 3 nitrogen and oxygen atoms in total. The van der Waals surface area contributed by atoms with Gasteiger partial charge >= 0.3 is 0 Å². The highest BCUT2D eigenvalue weighted by atomic mass is 32.1. The molecular formula is C10H11N3S. The lowest BCUT2D eigenvalue weighted by molar-refractivity contribution is 1.02. The molecule has 0 aliphatic rings. The second-order valence-electron chi connectivity index (χ2n) is 3.05. The largest absolute Gasteiger partial charge is 0.375 e. The summed E-state index contributed by atoms with van der Waals surface area (Å²) >= 11 is 1.53. The Morgan fingerprint density at radius 2 is 2.29 bits per heavy atom. The molecule has 2 rings (SSSR count). The summed E-state index contributed by atoms with van der Waals surface area (Å²) < 4.78 is 0. The second-order valence-corrected chi connectivity index (χ2v) is 4.29. The molecule has 0 fully saturated rings. The van der Waals surface area contributed by atoms with E-state index in [0.29, 0.717) is 5.13 Å². The molecule has 2 heterocycles. The van der Waals surface area contributed by atoms with Crippen LogP contribution in [0.15, 0.2) is 24.4 Å². The van der Waals surface area contributed by atoms with Crippen molar-refractivity contribution in [3.8, 4) is 0 Å². The minimum atomic E-state index is 0.633. The van der Waals surface area contributed by atoms with Crippen LogP contribution >= 0.6 is 11.3 Å². The Balaban J connectivity index is 2.23. The smallest absolute Gasteiger partial charge is 0.180 e. The highest BCUT2D eigenvalue weighted by Crippen LogP contribution is 2.20. The number of thiazole rings is 1.